The molecule has 6 nitrogen and oxygen atoms in total. The Kier molecular flexibility index (Phi) is 3.73. The van der Waals surface area contributed by atoms with Crippen LogP contribution in [0.3, 0.4) is 0 Å². The van der Waals surface area contributed by atoms with Crippen LogP contribution in [0.5, 0.6) is 11.5 Å². The average molecular weight is 364 g/mol. The summed E-state index contributed by atoms with van der Waals surface area (Å²) in [5.74, 6) is 0.0754. The summed E-state index contributed by atoms with van der Waals surface area (Å²) in [5, 5.41) is 22.0. The Morgan fingerprint density at radius 1 is 0.875 bits per heavy atom. The van der Waals surface area contributed by atoms with E-state index in [1.807, 2.05) is 9.80 Å². The summed E-state index contributed by atoms with van der Waals surface area (Å²) in [6.45, 7) is 1.04. The van der Waals surface area contributed by atoms with E-state index in [-0.39, 0.29) is 35.4 Å². The van der Waals surface area contributed by atoms with Crippen molar-refractivity contribution in [2.75, 3.05) is 13.1 Å². The largest absolute Gasteiger partial charge is 0.507 e. The minimum atomic E-state index is -0.0733. The molecule has 0 saturated carbocycles. The molecule has 0 spiro atoms. The molecule has 2 amide bonds. The Labute approximate surface area is 146 Å². The minimum absolute atomic E-state index is 0.00394. The predicted octanol–water partition coefficient (Wildman–Crippen LogP) is 2.35. The zero-order valence-electron chi connectivity index (χ0n) is 12.7. The van der Waals surface area contributed by atoms with Crippen LogP contribution >= 0.6 is 22.7 Å². The van der Waals surface area contributed by atoms with Gasteiger partial charge in [-0.25, -0.2) is 0 Å². The summed E-state index contributed by atoms with van der Waals surface area (Å²) in [6, 6.07) is 2.99. The van der Waals surface area contributed by atoms with Crippen molar-refractivity contribution in [2.45, 2.75) is 24.9 Å². The van der Waals surface area contributed by atoms with Crippen LogP contribution in [-0.2, 0) is 0 Å². The second kappa shape index (κ2) is 5.78. The summed E-state index contributed by atoms with van der Waals surface area (Å²) in [5.41, 5.74) is 0. The highest BCUT2D eigenvalue weighted by atomic mass is 32.1. The zero-order valence-corrected chi connectivity index (χ0v) is 14.3. The highest BCUT2D eigenvalue weighted by Crippen LogP contribution is 2.33. The molecule has 0 radical (unpaired) electrons. The molecule has 5 rings (SSSR count). The molecule has 126 valence electrons. The summed E-state index contributed by atoms with van der Waals surface area (Å²) in [6.07, 6.45) is 1.76. The van der Waals surface area contributed by atoms with Crippen LogP contribution < -0.4 is 0 Å². The van der Waals surface area contributed by atoms with Gasteiger partial charge in [0.25, 0.3) is 11.8 Å². The van der Waals surface area contributed by atoms with Gasteiger partial charge in [0.2, 0.25) is 0 Å². The van der Waals surface area contributed by atoms with Gasteiger partial charge in [-0.3, -0.25) is 9.59 Å². The molecule has 2 N–H and O–H groups in total. The van der Waals surface area contributed by atoms with Gasteiger partial charge in [-0.1, -0.05) is 0 Å². The average Bonchev–Trinajstić information content (AvgIpc) is 3.22. The van der Waals surface area contributed by atoms with Crippen molar-refractivity contribution in [3.63, 3.8) is 0 Å². The van der Waals surface area contributed by atoms with E-state index < -0.39 is 0 Å². The number of hydrogen-bond donors (Lipinski definition) is 2. The van der Waals surface area contributed by atoms with Crippen molar-refractivity contribution in [1.82, 2.24) is 9.80 Å². The fraction of sp³-hybridized carbons (Fsp3) is 0.375. The van der Waals surface area contributed by atoms with Crippen molar-refractivity contribution in [2.24, 2.45) is 0 Å². The normalized spacial score (nSPS) is 22.8. The number of hydrogen-bond acceptors (Lipinski definition) is 6. The van der Waals surface area contributed by atoms with Crippen molar-refractivity contribution < 1.29 is 19.8 Å². The highest BCUT2D eigenvalue weighted by Gasteiger charge is 2.43. The molecular weight excluding hydrogens is 348 g/mol. The first-order valence-corrected chi connectivity index (χ1v) is 9.46. The Bertz CT molecular complexity index is 733. The van der Waals surface area contributed by atoms with Gasteiger partial charge in [0, 0.05) is 48.1 Å². The molecule has 2 atom stereocenters. The maximum Gasteiger partial charge on any atom is 0.264 e. The summed E-state index contributed by atoms with van der Waals surface area (Å²) in [4.78, 5) is 30.0. The molecule has 5 heterocycles. The van der Waals surface area contributed by atoms with Crippen molar-refractivity contribution in [3.05, 3.63) is 32.6 Å². The predicted molar refractivity (Wildman–Crippen MR) is 90.9 cm³/mol. The number of piperazine rings is 1. The van der Waals surface area contributed by atoms with E-state index in [9.17, 15) is 19.8 Å². The SMILES string of the molecule is O=C(c1cc(O)cs1)N1CC2CCC1CN2C(=O)c1cc(O)cs1. The summed E-state index contributed by atoms with van der Waals surface area (Å²) >= 11 is 2.48. The van der Waals surface area contributed by atoms with Gasteiger partial charge in [0.15, 0.2) is 0 Å². The third-order valence-electron chi connectivity index (χ3n) is 4.64. The van der Waals surface area contributed by atoms with Crippen LogP contribution in [0.1, 0.15) is 32.2 Å². The lowest BCUT2D eigenvalue weighted by Crippen LogP contribution is -2.64. The lowest BCUT2D eigenvalue weighted by molar-refractivity contribution is -0.00563. The molecule has 2 bridgehead atoms. The molecule has 2 aromatic heterocycles. The van der Waals surface area contributed by atoms with Crippen LogP contribution in [0.15, 0.2) is 22.9 Å². The molecule has 0 aliphatic carbocycles. The van der Waals surface area contributed by atoms with Gasteiger partial charge in [0.05, 0.1) is 9.75 Å². The number of carbonyl (C=O) groups is 2. The molecule has 0 aromatic carbocycles. The molecule has 2 aromatic rings. The molecule has 3 aliphatic rings. The number of fused-ring (bicyclic) bond motifs is 3. The standard InChI is InChI=1S/C16H16N2O4S2/c19-11-3-13(23-7-11)15(21)17-6-10-2-1-9(17)5-18(10)16(22)14-4-12(20)8-24-14/h3-4,7-10,19-20H,1-2,5-6H2. The van der Waals surface area contributed by atoms with Gasteiger partial charge < -0.3 is 20.0 Å². The van der Waals surface area contributed by atoms with Crippen LogP contribution in [0.4, 0.5) is 0 Å². The molecule has 3 aliphatic heterocycles. The van der Waals surface area contributed by atoms with Crippen LogP contribution in [0.2, 0.25) is 0 Å². The maximum absolute atomic E-state index is 12.6. The lowest BCUT2D eigenvalue weighted by atomic mass is 9.90. The zero-order chi connectivity index (χ0) is 16.8. The Morgan fingerprint density at radius 3 is 1.58 bits per heavy atom. The van der Waals surface area contributed by atoms with E-state index in [0.717, 1.165) is 12.8 Å². The number of amides is 2. The fourth-order valence-electron chi connectivity index (χ4n) is 3.49. The van der Waals surface area contributed by atoms with Crippen molar-refractivity contribution >= 4 is 34.5 Å². The van der Waals surface area contributed by atoms with Gasteiger partial charge >= 0.3 is 0 Å². The Balaban J connectivity index is 1.51. The maximum atomic E-state index is 12.6. The third kappa shape index (κ3) is 2.55. The summed E-state index contributed by atoms with van der Waals surface area (Å²) in [7, 11) is 0. The van der Waals surface area contributed by atoms with Crippen LogP contribution in [-0.4, -0.2) is 57.0 Å². The van der Waals surface area contributed by atoms with Gasteiger partial charge in [-0.2, -0.15) is 0 Å². The Morgan fingerprint density at radius 2 is 1.29 bits per heavy atom. The number of thiophene rings is 2. The van der Waals surface area contributed by atoms with E-state index >= 15 is 0 Å². The molecule has 3 saturated heterocycles. The lowest BCUT2D eigenvalue weighted by Gasteiger charge is -2.51. The monoisotopic (exact) mass is 364 g/mol. The first kappa shape index (κ1) is 15.5. The number of aromatic hydroxyl groups is 2. The van der Waals surface area contributed by atoms with Crippen LogP contribution in [0, 0.1) is 0 Å². The number of piperidine rings is 2. The van der Waals surface area contributed by atoms with E-state index in [4.69, 9.17) is 0 Å². The van der Waals surface area contributed by atoms with Gasteiger partial charge in [0.1, 0.15) is 11.5 Å². The molecule has 2 unspecified atom stereocenters. The number of nitrogens with zero attached hydrogens (tertiary/aromatic N) is 2. The first-order chi connectivity index (χ1) is 11.5. The first-order valence-electron chi connectivity index (χ1n) is 7.70. The highest BCUT2D eigenvalue weighted by molar-refractivity contribution is 7.12. The number of carbonyl (C=O) groups excluding carboxylic acids is 2. The van der Waals surface area contributed by atoms with Crippen LogP contribution in [0.25, 0.3) is 0 Å². The molecule has 8 heteroatoms. The second-order valence-corrected chi connectivity index (χ2v) is 7.96. The van der Waals surface area contributed by atoms with E-state index in [2.05, 4.69) is 0 Å². The Hall–Kier alpha value is -2.06. The smallest absolute Gasteiger partial charge is 0.264 e. The van der Waals surface area contributed by atoms with Crippen molar-refractivity contribution in [1.29, 1.82) is 0 Å². The summed E-state index contributed by atoms with van der Waals surface area (Å²) < 4.78 is 0. The second-order valence-electron chi connectivity index (χ2n) is 6.14. The van der Waals surface area contributed by atoms with Gasteiger partial charge in [-0.15, -0.1) is 22.7 Å². The van der Waals surface area contributed by atoms with Crippen molar-refractivity contribution in [3.8, 4) is 11.5 Å². The quantitative estimate of drug-likeness (QED) is 0.857. The minimum Gasteiger partial charge on any atom is -0.507 e. The van der Waals surface area contributed by atoms with Gasteiger partial charge in [-0.05, 0) is 12.8 Å². The molecule has 3 fully saturated rings. The van der Waals surface area contributed by atoms with E-state index in [1.165, 1.54) is 34.8 Å². The molecular formula is C16H16N2O4S2. The topological polar surface area (TPSA) is 81.1 Å². The van der Waals surface area contributed by atoms with E-state index in [1.54, 1.807) is 10.8 Å². The fourth-order valence-corrected chi connectivity index (χ4v) is 4.93. The number of rotatable bonds is 2. The molecule has 24 heavy (non-hydrogen) atoms. The third-order valence-corrected chi connectivity index (χ3v) is 6.46. The van der Waals surface area contributed by atoms with E-state index in [0.29, 0.717) is 22.8 Å².